The maximum atomic E-state index is 13.1. The molecule has 0 spiro atoms. The summed E-state index contributed by atoms with van der Waals surface area (Å²) in [5, 5.41) is 0. The highest BCUT2D eigenvalue weighted by atomic mass is 19.4. The molecule has 1 aliphatic heterocycles. The second-order valence-corrected chi connectivity index (χ2v) is 7.62. The average Bonchev–Trinajstić information content (AvgIpc) is 2.79. The first kappa shape index (κ1) is 21.0. The maximum Gasteiger partial charge on any atom is 0.416 e. The van der Waals surface area contributed by atoms with Gasteiger partial charge in [0.15, 0.2) is 0 Å². The van der Waals surface area contributed by atoms with Crippen LogP contribution < -0.4 is 0 Å². The van der Waals surface area contributed by atoms with Crippen molar-refractivity contribution in [2.24, 2.45) is 0 Å². The molecule has 31 heavy (non-hydrogen) atoms. The second-order valence-electron chi connectivity index (χ2n) is 7.62. The van der Waals surface area contributed by atoms with Gasteiger partial charge in [0.05, 0.1) is 29.6 Å². The first-order valence-electron chi connectivity index (χ1n) is 10.1. The molecule has 5 nitrogen and oxygen atoms in total. The van der Waals surface area contributed by atoms with E-state index in [2.05, 4.69) is 15.0 Å². The van der Waals surface area contributed by atoms with Gasteiger partial charge in [0.25, 0.3) is 0 Å². The van der Waals surface area contributed by atoms with Gasteiger partial charge in [-0.15, -0.1) is 0 Å². The van der Waals surface area contributed by atoms with Gasteiger partial charge in [0.2, 0.25) is 5.91 Å². The quantitative estimate of drug-likeness (QED) is 0.616. The van der Waals surface area contributed by atoms with Gasteiger partial charge in [-0.25, -0.2) is 4.98 Å². The van der Waals surface area contributed by atoms with E-state index in [0.29, 0.717) is 36.5 Å². The minimum absolute atomic E-state index is 0.00612. The van der Waals surface area contributed by atoms with Crippen LogP contribution in [0.15, 0.2) is 61.2 Å². The lowest BCUT2D eigenvalue weighted by molar-refractivity contribution is -0.137. The summed E-state index contributed by atoms with van der Waals surface area (Å²) in [6.45, 7) is 1.20. The van der Waals surface area contributed by atoms with E-state index in [1.165, 1.54) is 12.3 Å². The summed E-state index contributed by atoms with van der Waals surface area (Å²) in [6, 6.07) is 8.72. The molecule has 160 valence electrons. The predicted octanol–water partition coefficient (Wildman–Crippen LogP) is 4.51. The number of likely N-dealkylation sites (tertiary alicyclic amines) is 1. The fourth-order valence-electron chi connectivity index (χ4n) is 3.80. The zero-order valence-electron chi connectivity index (χ0n) is 16.7. The minimum atomic E-state index is -4.42. The molecular weight excluding hydrogens is 405 g/mol. The number of carbonyl (C=O) groups excluding carboxylic acids is 1. The maximum absolute atomic E-state index is 13.1. The van der Waals surface area contributed by atoms with Crippen molar-refractivity contribution < 1.29 is 18.0 Å². The number of nitrogens with zero attached hydrogens (tertiary/aromatic N) is 4. The Labute approximate surface area is 178 Å². The van der Waals surface area contributed by atoms with Gasteiger partial charge >= 0.3 is 6.18 Å². The Morgan fingerprint density at radius 2 is 1.90 bits per heavy atom. The number of pyridine rings is 1. The largest absolute Gasteiger partial charge is 0.416 e. The van der Waals surface area contributed by atoms with Crippen LogP contribution in [0.2, 0.25) is 0 Å². The molecular formula is C23H21F3N4O. The van der Waals surface area contributed by atoms with E-state index in [0.717, 1.165) is 30.5 Å². The van der Waals surface area contributed by atoms with E-state index in [1.54, 1.807) is 24.7 Å². The van der Waals surface area contributed by atoms with Crippen molar-refractivity contribution in [1.29, 1.82) is 0 Å². The second kappa shape index (κ2) is 8.83. The van der Waals surface area contributed by atoms with Crippen molar-refractivity contribution in [1.82, 2.24) is 19.9 Å². The Bertz CT molecular complexity index is 1060. The van der Waals surface area contributed by atoms with Gasteiger partial charge in [-0.2, -0.15) is 13.2 Å². The highest BCUT2D eigenvalue weighted by Gasteiger charge is 2.31. The summed E-state index contributed by atoms with van der Waals surface area (Å²) >= 11 is 0. The van der Waals surface area contributed by atoms with Crippen LogP contribution >= 0.6 is 0 Å². The lowest BCUT2D eigenvalue weighted by Crippen LogP contribution is -2.40. The standard InChI is InChI=1S/C23H21F3N4O/c24-23(25,26)19-5-1-3-17(12-19)20-13-28-14-21(29-20)18-4-2-10-30(15-18)22(31)11-16-6-8-27-9-7-16/h1,3,5-9,12-14,18H,2,4,10-11,15H2. The average molecular weight is 426 g/mol. The van der Waals surface area contributed by atoms with E-state index in [9.17, 15) is 18.0 Å². The van der Waals surface area contributed by atoms with E-state index >= 15 is 0 Å². The smallest absolute Gasteiger partial charge is 0.342 e. The molecule has 3 aromatic rings. The monoisotopic (exact) mass is 426 g/mol. The number of amides is 1. The van der Waals surface area contributed by atoms with Crippen LogP contribution in [0, 0.1) is 0 Å². The van der Waals surface area contributed by atoms with Gasteiger partial charge in [0.1, 0.15) is 0 Å². The van der Waals surface area contributed by atoms with E-state index in [-0.39, 0.29) is 11.8 Å². The molecule has 1 fully saturated rings. The first-order valence-corrected chi connectivity index (χ1v) is 10.1. The summed E-state index contributed by atoms with van der Waals surface area (Å²) in [6.07, 6.45) is 4.01. The highest BCUT2D eigenvalue weighted by Crippen LogP contribution is 2.32. The molecule has 4 rings (SSSR count). The molecule has 1 aromatic carbocycles. The number of benzene rings is 1. The summed E-state index contributed by atoms with van der Waals surface area (Å²) in [5.41, 5.74) is 1.64. The molecule has 2 aromatic heterocycles. The number of hydrogen-bond donors (Lipinski definition) is 0. The van der Waals surface area contributed by atoms with Crippen LogP contribution in [0.1, 0.15) is 35.6 Å². The molecule has 1 atom stereocenters. The lowest BCUT2D eigenvalue weighted by Gasteiger charge is -2.32. The Kier molecular flexibility index (Phi) is 5.97. The molecule has 8 heteroatoms. The number of alkyl halides is 3. The van der Waals surface area contributed by atoms with Crippen molar-refractivity contribution in [2.45, 2.75) is 31.4 Å². The zero-order chi connectivity index (χ0) is 21.8. The number of rotatable bonds is 4. The van der Waals surface area contributed by atoms with E-state index in [4.69, 9.17) is 0 Å². The van der Waals surface area contributed by atoms with Crippen molar-refractivity contribution in [3.63, 3.8) is 0 Å². The molecule has 0 radical (unpaired) electrons. The van der Waals surface area contributed by atoms with Crippen LogP contribution in [-0.4, -0.2) is 38.8 Å². The first-order chi connectivity index (χ1) is 14.9. The number of piperidine rings is 1. The number of carbonyl (C=O) groups is 1. The third-order valence-corrected chi connectivity index (χ3v) is 5.44. The molecule has 0 aliphatic carbocycles. The van der Waals surface area contributed by atoms with E-state index < -0.39 is 11.7 Å². The molecule has 1 unspecified atom stereocenters. The topological polar surface area (TPSA) is 59.0 Å². The van der Waals surface area contributed by atoms with Crippen LogP contribution in [-0.2, 0) is 17.4 Å². The van der Waals surface area contributed by atoms with Gasteiger partial charge in [-0.05, 0) is 42.7 Å². The molecule has 1 aliphatic rings. The summed E-state index contributed by atoms with van der Waals surface area (Å²) in [7, 11) is 0. The zero-order valence-corrected chi connectivity index (χ0v) is 16.7. The molecule has 1 saturated heterocycles. The van der Waals surface area contributed by atoms with Crippen LogP contribution in [0.4, 0.5) is 13.2 Å². The number of halogens is 3. The normalized spacial score (nSPS) is 16.9. The predicted molar refractivity (Wildman–Crippen MR) is 109 cm³/mol. The van der Waals surface area contributed by atoms with Crippen LogP contribution in [0.5, 0.6) is 0 Å². The molecule has 0 bridgehead atoms. The van der Waals surface area contributed by atoms with Crippen molar-refractivity contribution >= 4 is 5.91 Å². The summed E-state index contributed by atoms with van der Waals surface area (Å²) in [5.74, 6) is 0.0336. The minimum Gasteiger partial charge on any atom is -0.342 e. The number of hydrogen-bond acceptors (Lipinski definition) is 4. The fraction of sp³-hybridized carbons (Fsp3) is 0.304. The molecule has 1 amide bonds. The Morgan fingerprint density at radius 3 is 2.68 bits per heavy atom. The third kappa shape index (κ3) is 5.07. The Hall–Kier alpha value is -3.29. The lowest BCUT2D eigenvalue weighted by atomic mass is 9.94. The number of aromatic nitrogens is 3. The summed E-state index contributed by atoms with van der Waals surface area (Å²) in [4.78, 5) is 27.3. The molecule has 0 N–H and O–H groups in total. The fourth-order valence-corrected chi connectivity index (χ4v) is 3.80. The van der Waals surface area contributed by atoms with Gasteiger partial charge in [0, 0.05) is 43.2 Å². The van der Waals surface area contributed by atoms with Gasteiger partial charge < -0.3 is 4.90 Å². The van der Waals surface area contributed by atoms with Crippen molar-refractivity contribution in [2.75, 3.05) is 13.1 Å². The summed E-state index contributed by atoms with van der Waals surface area (Å²) < 4.78 is 39.2. The van der Waals surface area contributed by atoms with Gasteiger partial charge in [-0.3, -0.25) is 14.8 Å². The van der Waals surface area contributed by atoms with Crippen molar-refractivity contribution in [3.8, 4) is 11.3 Å². The van der Waals surface area contributed by atoms with Crippen molar-refractivity contribution in [3.05, 3.63) is 78.0 Å². The molecule has 0 saturated carbocycles. The van der Waals surface area contributed by atoms with Gasteiger partial charge in [-0.1, -0.05) is 12.1 Å². The Morgan fingerprint density at radius 1 is 1.10 bits per heavy atom. The SMILES string of the molecule is O=C(Cc1ccncc1)N1CCCC(c2cncc(-c3cccc(C(F)(F)F)c3)n2)C1. The molecule has 3 heterocycles. The van der Waals surface area contributed by atoms with E-state index in [1.807, 2.05) is 17.0 Å². The van der Waals surface area contributed by atoms with Crippen LogP contribution in [0.25, 0.3) is 11.3 Å². The highest BCUT2D eigenvalue weighted by molar-refractivity contribution is 5.78. The van der Waals surface area contributed by atoms with Crippen LogP contribution in [0.3, 0.4) is 0 Å². The Balaban J connectivity index is 1.50. The third-order valence-electron chi connectivity index (χ3n) is 5.44.